The van der Waals surface area contributed by atoms with Gasteiger partial charge in [0, 0.05) is 36.4 Å². The van der Waals surface area contributed by atoms with Crippen LogP contribution < -0.4 is 10.1 Å². The second-order valence-corrected chi connectivity index (χ2v) is 8.57. The zero-order chi connectivity index (χ0) is 22.1. The van der Waals surface area contributed by atoms with Crippen molar-refractivity contribution in [3.05, 3.63) is 36.8 Å². The van der Waals surface area contributed by atoms with Crippen molar-refractivity contribution in [2.24, 2.45) is 5.92 Å². The molecule has 1 aliphatic rings. The van der Waals surface area contributed by atoms with Crippen molar-refractivity contribution in [2.45, 2.75) is 57.9 Å². The van der Waals surface area contributed by atoms with Crippen molar-refractivity contribution in [1.82, 2.24) is 29.0 Å². The number of fused-ring (bicyclic) bond motifs is 2. The molecular weight excluding hydrogens is 409 g/mol. The monoisotopic (exact) mass is 437 g/mol. The second-order valence-electron chi connectivity index (χ2n) is 8.57. The summed E-state index contributed by atoms with van der Waals surface area (Å²) < 4.78 is 23.9. The predicted molar refractivity (Wildman–Crippen MR) is 120 cm³/mol. The highest BCUT2D eigenvalue weighted by atomic mass is 19.1. The number of nitrogens with zero attached hydrogens (tertiary/aromatic N) is 6. The molecule has 8 nitrogen and oxygen atoms in total. The van der Waals surface area contributed by atoms with E-state index in [1.807, 2.05) is 0 Å². The van der Waals surface area contributed by atoms with Crippen LogP contribution in [0.25, 0.3) is 22.4 Å². The van der Waals surface area contributed by atoms with Crippen LogP contribution in [-0.4, -0.2) is 42.1 Å². The highest BCUT2D eigenvalue weighted by Gasteiger charge is 2.24. The van der Waals surface area contributed by atoms with Crippen LogP contribution in [0.3, 0.4) is 0 Å². The number of ether oxygens (including phenoxy) is 1. The maximum absolute atomic E-state index is 15.1. The van der Waals surface area contributed by atoms with Gasteiger partial charge < -0.3 is 10.1 Å². The molecule has 4 aromatic heterocycles. The number of methoxy groups -OCH3 is 1. The first-order chi connectivity index (χ1) is 15.7. The molecule has 0 radical (unpaired) electrons. The third-order valence-electron chi connectivity index (χ3n) is 6.43. The lowest BCUT2D eigenvalue weighted by atomic mass is 9.83. The maximum atomic E-state index is 15.1. The van der Waals surface area contributed by atoms with E-state index in [1.165, 1.54) is 49.9 Å². The number of rotatable bonds is 7. The van der Waals surface area contributed by atoms with Crippen LogP contribution in [0.2, 0.25) is 0 Å². The molecule has 4 heterocycles. The van der Waals surface area contributed by atoms with E-state index in [0.29, 0.717) is 40.3 Å². The van der Waals surface area contributed by atoms with E-state index < -0.39 is 5.82 Å². The highest BCUT2D eigenvalue weighted by Crippen LogP contribution is 2.34. The van der Waals surface area contributed by atoms with Crippen molar-refractivity contribution in [1.29, 1.82) is 0 Å². The predicted octanol–water partition coefficient (Wildman–Crippen LogP) is 4.75. The average molecular weight is 438 g/mol. The summed E-state index contributed by atoms with van der Waals surface area (Å²) in [5, 5.41) is 7.98. The molecule has 168 valence electrons. The summed E-state index contributed by atoms with van der Waals surface area (Å²) in [5.41, 5.74) is 1.43. The first-order valence-corrected chi connectivity index (χ1v) is 11.3. The lowest BCUT2D eigenvalue weighted by Crippen LogP contribution is -2.27. The fraction of sp³-hybridized carbons (Fsp3) is 0.478. The zero-order valence-corrected chi connectivity index (χ0v) is 18.5. The van der Waals surface area contributed by atoms with E-state index in [2.05, 4.69) is 32.3 Å². The fourth-order valence-corrected chi connectivity index (χ4v) is 4.72. The molecule has 5 rings (SSSR count). The summed E-state index contributed by atoms with van der Waals surface area (Å²) in [5.74, 6) is 1.75. The Labute approximate surface area is 185 Å². The van der Waals surface area contributed by atoms with Gasteiger partial charge in [0.1, 0.15) is 5.52 Å². The van der Waals surface area contributed by atoms with Crippen LogP contribution in [-0.2, 0) is 0 Å². The van der Waals surface area contributed by atoms with Crippen LogP contribution in [0.1, 0.15) is 51.9 Å². The second kappa shape index (κ2) is 8.72. The molecule has 0 aliphatic heterocycles. The number of aromatic nitrogens is 6. The van der Waals surface area contributed by atoms with Gasteiger partial charge in [-0.1, -0.05) is 26.2 Å². The summed E-state index contributed by atoms with van der Waals surface area (Å²) in [7, 11) is 1.54. The molecule has 1 aliphatic carbocycles. The minimum atomic E-state index is -0.410. The molecule has 0 unspecified atom stereocenters. The molecule has 0 amide bonds. The Balaban J connectivity index is 1.42. The topological polar surface area (TPSA) is 81.6 Å². The van der Waals surface area contributed by atoms with Crippen LogP contribution in [0, 0.1) is 11.7 Å². The molecule has 0 atom stereocenters. The van der Waals surface area contributed by atoms with Crippen LogP contribution in [0.15, 0.2) is 31.0 Å². The van der Waals surface area contributed by atoms with Gasteiger partial charge in [-0.25, -0.2) is 18.9 Å². The smallest absolute Gasteiger partial charge is 0.244 e. The summed E-state index contributed by atoms with van der Waals surface area (Å²) in [6.45, 7) is 2.25. The van der Waals surface area contributed by atoms with Crippen molar-refractivity contribution < 1.29 is 9.13 Å². The molecule has 9 heteroatoms. The summed E-state index contributed by atoms with van der Waals surface area (Å²) in [6.07, 6.45) is 16.7. The molecule has 1 saturated carbocycles. The van der Waals surface area contributed by atoms with Crippen LogP contribution in [0.4, 0.5) is 10.3 Å². The minimum Gasteiger partial charge on any atom is -0.479 e. The minimum absolute atomic E-state index is 0.322. The Morgan fingerprint density at radius 3 is 2.81 bits per heavy atom. The largest absolute Gasteiger partial charge is 0.479 e. The molecule has 1 fully saturated rings. The number of anilines is 1. The quantitative estimate of drug-likeness (QED) is 0.449. The Kier molecular flexibility index (Phi) is 5.63. The van der Waals surface area contributed by atoms with Crippen molar-refractivity contribution >= 4 is 17.2 Å². The molecule has 0 bridgehead atoms. The third kappa shape index (κ3) is 3.87. The molecule has 1 N–H and O–H groups in total. The molecular formula is C23H28FN7O. The summed E-state index contributed by atoms with van der Waals surface area (Å²) in [6, 6.07) is 0.322. The highest BCUT2D eigenvalue weighted by molar-refractivity contribution is 5.84. The van der Waals surface area contributed by atoms with E-state index in [4.69, 9.17) is 4.74 Å². The van der Waals surface area contributed by atoms with Crippen LogP contribution >= 0.6 is 0 Å². The Morgan fingerprint density at radius 2 is 2.03 bits per heavy atom. The third-order valence-corrected chi connectivity index (χ3v) is 6.43. The van der Waals surface area contributed by atoms with E-state index in [9.17, 15) is 0 Å². The van der Waals surface area contributed by atoms with Gasteiger partial charge in [0.2, 0.25) is 17.6 Å². The van der Waals surface area contributed by atoms with Crippen LogP contribution in [0.5, 0.6) is 5.88 Å². The number of imidazole rings is 1. The zero-order valence-electron chi connectivity index (χ0n) is 18.5. The Morgan fingerprint density at radius 1 is 1.19 bits per heavy atom. The molecule has 0 saturated heterocycles. The molecule has 0 spiro atoms. The number of nitrogens with one attached hydrogen (secondary N) is 1. The normalized spacial score (nSPS) is 19.0. The van der Waals surface area contributed by atoms with Gasteiger partial charge >= 0.3 is 0 Å². The number of halogens is 1. The summed E-state index contributed by atoms with van der Waals surface area (Å²) in [4.78, 5) is 13.0. The lowest BCUT2D eigenvalue weighted by molar-refractivity contribution is 0.313. The van der Waals surface area contributed by atoms with E-state index >= 15 is 4.39 Å². The number of unbranched alkanes of at least 4 members (excludes halogenated alkanes) is 1. The van der Waals surface area contributed by atoms with Crippen molar-refractivity contribution in [3.63, 3.8) is 0 Å². The molecule has 32 heavy (non-hydrogen) atoms. The first-order valence-electron chi connectivity index (χ1n) is 11.3. The Bertz CT molecular complexity index is 1230. The van der Waals surface area contributed by atoms with Gasteiger partial charge in [0.25, 0.3) is 0 Å². The molecule has 4 aromatic rings. The summed E-state index contributed by atoms with van der Waals surface area (Å²) >= 11 is 0. The first kappa shape index (κ1) is 20.7. The van der Waals surface area contributed by atoms with Crippen molar-refractivity contribution in [2.75, 3.05) is 12.4 Å². The van der Waals surface area contributed by atoms with Gasteiger partial charge in [0.15, 0.2) is 5.82 Å². The number of hydrogen-bond acceptors (Lipinski definition) is 6. The maximum Gasteiger partial charge on any atom is 0.244 e. The average Bonchev–Trinajstić information content (AvgIpc) is 3.40. The van der Waals surface area contributed by atoms with Gasteiger partial charge in [-0.3, -0.25) is 4.40 Å². The van der Waals surface area contributed by atoms with Gasteiger partial charge in [-0.2, -0.15) is 4.98 Å². The van der Waals surface area contributed by atoms with E-state index in [0.717, 1.165) is 18.8 Å². The number of hydrogen-bond donors (Lipinski definition) is 1. The standard InChI is InChI=1S/C23H28FN7O/c1-3-4-5-15-6-8-17(9-7-15)27-22-28-21(32-2)20-19(18(24)14-31(20)29-22)16-12-26-23-25-10-11-30(23)13-16/h10-15,17H,3-9H2,1-2H3,(H,27,29). The van der Waals surface area contributed by atoms with E-state index in [-0.39, 0.29) is 0 Å². The SMILES string of the molecule is CCCCC1CCC(Nc2nc(OC)c3c(-c4cnc5nccn5c4)c(F)cn3n2)CC1. The van der Waals surface area contributed by atoms with Gasteiger partial charge in [-0.15, -0.1) is 5.10 Å². The molecule has 0 aromatic carbocycles. The van der Waals surface area contributed by atoms with E-state index in [1.54, 1.807) is 29.2 Å². The lowest BCUT2D eigenvalue weighted by Gasteiger charge is -2.29. The Hall–Kier alpha value is -3.23. The van der Waals surface area contributed by atoms with Gasteiger partial charge in [0.05, 0.1) is 18.9 Å². The van der Waals surface area contributed by atoms with Crippen molar-refractivity contribution in [3.8, 4) is 17.0 Å². The van der Waals surface area contributed by atoms with Gasteiger partial charge in [-0.05, 0) is 31.6 Å². The fourth-order valence-electron chi connectivity index (χ4n) is 4.72.